The zero-order valence-electron chi connectivity index (χ0n) is 16.4. The van der Waals surface area contributed by atoms with Crippen molar-refractivity contribution in [3.05, 3.63) is 54.4 Å². The highest BCUT2D eigenvalue weighted by Gasteiger charge is 2.26. The molecule has 1 aliphatic rings. The van der Waals surface area contributed by atoms with Crippen molar-refractivity contribution in [3.63, 3.8) is 0 Å². The fourth-order valence-electron chi connectivity index (χ4n) is 3.45. The van der Waals surface area contributed by atoms with Gasteiger partial charge in [-0.05, 0) is 42.8 Å². The molecular formula is C21H23N5O3. The van der Waals surface area contributed by atoms with Gasteiger partial charge < -0.3 is 24.7 Å². The lowest BCUT2D eigenvalue weighted by atomic mass is 10.1. The van der Waals surface area contributed by atoms with Crippen LogP contribution in [0.5, 0.6) is 11.5 Å². The van der Waals surface area contributed by atoms with Crippen molar-refractivity contribution in [2.24, 2.45) is 0 Å². The van der Waals surface area contributed by atoms with E-state index in [4.69, 9.17) is 9.47 Å². The van der Waals surface area contributed by atoms with Gasteiger partial charge in [-0.25, -0.2) is 9.97 Å². The third-order valence-corrected chi connectivity index (χ3v) is 4.97. The van der Waals surface area contributed by atoms with E-state index in [1.807, 2.05) is 24.4 Å². The largest absolute Gasteiger partial charge is 0.493 e. The van der Waals surface area contributed by atoms with Crippen LogP contribution < -0.4 is 19.7 Å². The summed E-state index contributed by atoms with van der Waals surface area (Å²) in [6.45, 7) is 1.44. The van der Waals surface area contributed by atoms with Crippen LogP contribution in [0.25, 0.3) is 11.4 Å². The van der Waals surface area contributed by atoms with Crippen molar-refractivity contribution in [3.8, 4) is 22.9 Å². The Balaban J connectivity index is 1.42. The van der Waals surface area contributed by atoms with Crippen LogP contribution in [-0.4, -0.2) is 54.2 Å². The smallest absolute Gasteiger partial charge is 0.251 e. The Morgan fingerprint density at radius 1 is 1.21 bits per heavy atom. The summed E-state index contributed by atoms with van der Waals surface area (Å²) < 4.78 is 10.5. The molecule has 1 saturated heterocycles. The molecule has 0 spiro atoms. The molecule has 150 valence electrons. The van der Waals surface area contributed by atoms with E-state index in [2.05, 4.69) is 25.2 Å². The molecule has 2 N–H and O–H groups in total. The van der Waals surface area contributed by atoms with E-state index in [9.17, 15) is 4.79 Å². The Labute approximate surface area is 168 Å². The highest BCUT2D eigenvalue weighted by Crippen LogP contribution is 2.27. The molecule has 1 amide bonds. The molecule has 3 heterocycles. The number of amides is 1. The van der Waals surface area contributed by atoms with E-state index in [0.717, 1.165) is 24.4 Å². The van der Waals surface area contributed by atoms with E-state index >= 15 is 0 Å². The minimum atomic E-state index is -0.140. The number of ether oxygens (including phenoxy) is 2. The molecule has 1 fully saturated rings. The number of rotatable bonds is 6. The van der Waals surface area contributed by atoms with Gasteiger partial charge in [0.2, 0.25) is 5.95 Å². The average Bonchev–Trinajstić information content (AvgIpc) is 3.46. The Morgan fingerprint density at radius 2 is 2.07 bits per heavy atom. The number of aromatic nitrogens is 3. The number of H-pyrrole nitrogens is 1. The second-order valence-corrected chi connectivity index (χ2v) is 6.80. The Hall–Kier alpha value is -3.55. The number of nitrogens with one attached hydrogen (secondary N) is 2. The monoisotopic (exact) mass is 393 g/mol. The summed E-state index contributed by atoms with van der Waals surface area (Å²) in [5.74, 6) is 1.65. The standard InChI is InChI=1S/C21H23N5O3/c1-28-18-6-5-14(12-19(18)29-2)20(27)24-15-8-11-26(13-15)21-23-10-7-17(25-21)16-4-3-9-22-16/h3-7,9-10,12,15,22H,8,11,13H2,1-2H3,(H,24,27). The van der Waals surface area contributed by atoms with Gasteiger partial charge in [0.15, 0.2) is 11.5 Å². The van der Waals surface area contributed by atoms with E-state index < -0.39 is 0 Å². The van der Waals surface area contributed by atoms with E-state index in [0.29, 0.717) is 29.6 Å². The number of methoxy groups -OCH3 is 2. The van der Waals surface area contributed by atoms with E-state index in [-0.39, 0.29) is 11.9 Å². The van der Waals surface area contributed by atoms with Gasteiger partial charge in [0.25, 0.3) is 5.91 Å². The summed E-state index contributed by atoms with van der Waals surface area (Å²) in [6.07, 6.45) is 4.45. The summed E-state index contributed by atoms with van der Waals surface area (Å²) in [5, 5.41) is 3.09. The fourth-order valence-corrected chi connectivity index (χ4v) is 3.45. The van der Waals surface area contributed by atoms with Gasteiger partial charge in [-0.2, -0.15) is 0 Å². The molecule has 0 aliphatic carbocycles. The van der Waals surface area contributed by atoms with Crippen molar-refractivity contribution >= 4 is 11.9 Å². The maximum Gasteiger partial charge on any atom is 0.251 e. The lowest BCUT2D eigenvalue weighted by Gasteiger charge is -2.17. The number of anilines is 1. The first kappa shape index (κ1) is 18.8. The first-order valence-electron chi connectivity index (χ1n) is 9.42. The maximum absolute atomic E-state index is 12.7. The van der Waals surface area contributed by atoms with Gasteiger partial charge in [0.05, 0.1) is 25.6 Å². The number of benzene rings is 1. The van der Waals surface area contributed by atoms with Gasteiger partial charge in [0.1, 0.15) is 0 Å². The topological polar surface area (TPSA) is 92.4 Å². The first-order chi connectivity index (χ1) is 14.2. The minimum Gasteiger partial charge on any atom is -0.493 e. The first-order valence-corrected chi connectivity index (χ1v) is 9.42. The van der Waals surface area contributed by atoms with Gasteiger partial charge in [-0.15, -0.1) is 0 Å². The van der Waals surface area contributed by atoms with Gasteiger partial charge in [-0.1, -0.05) is 0 Å². The summed E-state index contributed by atoms with van der Waals surface area (Å²) in [6, 6.07) is 11.0. The van der Waals surface area contributed by atoms with Crippen LogP contribution in [0, 0.1) is 0 Å². The van der Waals surface area contributed by atoms with E-state index in [1.165, 1.54) is 0 Å². The van der Waals surface area contributed by atoms with Gasteiger partial charge in [0, 0.05) is 37.1 Å². The number of aromatic amines is 1. The number of hydrogen-bond donors (Lipinski definition) is 2. The molecule has 0 bridgehead atoms. The predicted octanol–water partition coefficient (Wildman–Crippen LogP) is 2.50. The molecular weight excluding hydrogens is 370 g/mol. The van der Waals surface area contributed by atoms with Crippen LogP contribution in [0.15, 0.2) is 48.8 Å². The molecule has 29 heavy (non-hydrogen) atoms. The normalized spacial score (nSPS) is 15.9. The average molecular weight is 393 g/mol. The number of nitrogens with zero attached hydrogens (tertiary/aromatic N) is 3. The highest BCUT2D eigenvalue weighted by molar-refractivity contribution is 5.95. The predicted molar refractivity (Wildman–Crippen MR) is 109 cm³/mol. The van der Waals surface area contributed by atoms with Crippen molar-refractivity contribution < 1.29 is 14.3 Å². The minimum absolute atomic E-state index is 0.0216. The lowest BCUT2D eigenvalue weighted by molar-refractivity contribution is 0.0940. The molecule has 8 heteroatoms. The van der Waals surface area contributed by atoms with Crippen LogP contribution in [0.4, 0.5) is 5.95 Å². The van der Waals surface area contributed by atoms with Gasteiger partial charge in [-0.3, -0.25) is 4.79 Å². The second kappa shape index (κ2) is 8.22. The molecule has 1 aliphatic heterocycles. The molecule has 4 rings (SSSR count). The second-order valence-electron chi connectivity index (χ2n) is 6.80. The Morgan fingerprint density at radius 3 is 2.83 bits per heavy atom. The lowest BCUT2D eigenvalue weighted by Crippen LogP contribution is -2.37. The summed E-state index contributed by atoms with van der Waals surface area (Å²) in [4.78, 5) is 27.0. The quantitative estimate of drug-likeness (QED) is 0.669. The van der Waals surface area contributed by atoms with Gasteiger partial charge >= 0.3 is 0 Å². The number of carbonyl (C=O) groups is 1. The van der Waals surface area contributed by atoms with Crippen molar-refractivity contribution in [2.75, 3.05) is 32.2 Å². The molecule has 1 atom stereocenters. The van der Waals surface area contributed by atoms with Crippen molar-refractivity contribution in [1.82, 2.24) is 20.3 Å². The SMILES string of the molecule is COc1ccc(C(=O)NC2CCN(c3nccc(-c4ccc[nH]4)n3)C2)cc1OC. The molecule has 0 saturated carbocycles. The molecule has 8 nitrogen and oxygen atoms in total. The van der Waals surface area contributed by atoms with Crippen LogP contribution in [0.1, 0.15) is 16.8 Å². The molecule has 2 aromatic heterocycles. The maximum atomic E-state index is 12.7. The Kier molecular flexibility index (Phi) is 5.33. The summed E-state index contributed by atoms with van der Waals surface area (Å²) in [7, 11) is 3.12. The van der Waals surface area contributed by atoms with E-state index in [1.54, 1.807) is 38.6 Å². The number of carbonyl (C=O) groups excluding carboxylic acids is 1. The zero-order valence-corrected chi connectivity index (χ0v) is 16.4. The van der Waals surface area contributed by atoms with Crippen LogP contribution in [0.2, 0.25) is 0 Å². The van der Waals surface area contributed by atoms with Crippen molar-refractivity contribution in [2.45, 2.75) is 12.5 Å². The fraction of sp³-hybridized carbons (Fsp3) is 0.286. The van der Waals surface area contributed by atoms with Crippen molar-refractivity contribution in [1.29, 1.82) is 0 Å². The summed E-state index contributed by atoms with van der Waals surface area (Å²) >= 11 is 0. The molecule has 3 aromatic rings. The highest BCUT2D eigenvalue weighted by atomic mass is 16.5. The van der Waals surface area contributed by atoms with Crippen LogP contribution in [-0.2, 0) is 0 Å². The summed E-state index contributed by atoms with van der Waals surface area (Å²) in [5.41, 5.74) is 2.33. The molecule has 0 radical (unpaired) electrons. The molecule has 1 aromatic carbocycles. The van der Waals surface area contributed by atoms with Crippen LogP contribution in [0.3, 0.4) is 0 Å². The van der Waals surface area contributed by atoms with Crippen LogP contribution >= 0.6 is 0 Å². The Bertz CT molecular complexity index is 990. The third-order valence-electron chi connectivity index (χ3n) is 4.97. The third kappa shape index (κ3) is 4.01. The zero-order chi connectivity index (χ0) is 20.2. The molecule has 1 unspecified atom stereocenters. The number of hydrogen-bond acceptors (Lipinski definition) is 6.